The van der Waals surface area contributed by atoms with E-state index in [9.17, 15) is 4.79 Å². The maximum absolute atomic E-state index is 12.0. The number of amides is 1. The average molecular weight is 241 g/mol. The molecule has 0 aliphatic heterocycles. The van der Waals surface area contributed by atoms with Gasteiger partial charge in [0.05, 0.1) is 5.69 Å². The second-order valence-corrected chi connectivity index (χ2v) is 5.71. The summed E-state index contributed by atoms with van der Waals surface area (Å²) < 4.78 is 5.38. The lowest BCUT2D eigenvalue weighted by molar-refractivity contribution is 0.0570. The molecular weight excluding hydrogens is 222 g/mol. The minimum absolute atomic E-state index is 0.0875. The van der Waals surface area contributed by atoms with Gasteiger partial charge in [0.2, 0.25) is 0 Å². The zero-order valence-electron chi connectivity index (χ0n) is 10.5. The Balaban J connectivity index is 2.84. The molecule has 0 N–H and O–H groups in total. The summed E-state index contributed by atoms with van der Waals surface area (Å²) in [4.78, 5) is 13.7. The number of nitrogens with zero attached hydrogens (tertiary/aromatic N) is 1. The molecule has 0 aromatic carbocycles. The first-order valence-electron chi connectivity index (χ1n) is 5.35. The Kier molecular flexibility index (Phi) is 3.97. The lowest BCUT2D eigenvalue weighted by Gasteiger charge is -2.29. The lowest BCUT2D eigenvalue weighted by atomic mass is 10.2. The fraction of sp³-hybridized carbons (Fsp3) is 0.583. The number of hydrogen-bond acceptors (Lipinski definition) is 3. The van der Waals surface area contributed by atoms with Crippen LogP contribution in [0.4, 0.5) is 10.5 Å². The molecule has 0 unspecified atom stereocenters. The number of ether oxygens (including phenoxy) is 1. The molecule has 1 aromatic heterocycles. The molecule has 0 saturated heterocycles. The molecule has 90 valence electrons. The van der Waals surface area contributed by atoms with Gasteiger partial charge < -0.3 is 4.74 Å². The predicted molar refractivity (Wildman–Crippen MR) is 68.2 cm³/mol. The Labute approximate surface area is 101 Å². The summed E-state index contributed by atoms with van der Waals surface area (Å²) in [7, 11) is 0. The molecule has 1 aromatic rings. The Morgan fingerprint density at radius 3 is 2.44 bits per heavy atom. The fourth-order valence-corrected chi connectivity index (χ4v) is 1.95. The number of carbonyl (C=O) groups is 1. The van der Waals surface area contributed by atoms with E-state index in [1.165, 1.54) is 0 Å². The van der Waals surface area contributed by atoms with Crippen LogP contribution in [0.3, 0.4) is 0 Å². The molecule has 0 saturated carbocycles. The minimum Gasteiger partial charge on any atom is -0.443 e. The van der Waals surface area contributed by atoms with Crippen LogP contribution in [0.2, 0.25) is 0 Å². The smallest absolute Gasteiger partial charge is 0.415 e. The van der Waals surface area contributed by atoms with Gasteiger partial charge in [-0.05, 0) is 46.1 Å². The molecule has 1 heterocycles. The summed E-state index contributed by atoms with van der Waals surface area (Å²) in [6, 6.07) is 2.01. The second kappa shape index (κ2) is 4.87. The van der Waals surface area contributed by atoms with Crippen molar-refractivity contribution in [2.75, 3.05) is 4.90 Å². The van der Waals surface area contributed by atoms with Crippen LogP contribution in [-0.4, -0.2) is 17.7 Å². The highest BCUT2D eigenvalue weighted by Gasteiger charge is 2.25. The van der Waals surface area contributed by atoms with E-state index in [0.29, 0.717) is 0 Å². The van der Waals surface area contributed by atoms with Gasteiger partial charge in [-0.15, -0.1) is 0 Å². The third-order valence-electron chi connectivity index (χ3n) is 1.89. The number of carbonyl (C=O) groups excluding carboxylic acids is 1. The van der Waals surface area contributed by atoms with Gasteiger partial charge in [0.1, 0.15) is 5.60 Å². The first kappa shape index (κ1) is 13.0. The first-order chi connectivity index (χ1) is 7.31. The van der Waals surface area contributed by atoms with Gasteiger partial charge in [0.25, 0.3) is 0 Å². The summed E-state index contributed by atoms with van der Waals surface area (Å²) in [6.07, 6.45) is -0.291. The maximum atomic E-state index is 12.0. The van der Waals surface area contributed by atoms with E-state index in [4.69, 9.17) is 4.74 Å². The molecule has 1 amide bonds. The summed E-state index contributed by atoms with van der Waals surface area (Å²) in [5.41, 5.74) is 0.439. The highest BCUT2D eigenvalue weighted by Crippen LogP contribution is 2.23. The van der Waals surface area contributed by atoms with Crippen LogP contribution >= 0.6 is 11.3 Å². The molecule has 0 fully saturated rings. The number of hydrogen-bond donors (Lipinski definition) is 0. The predicted octanol–water partition coefficient (Wildman–Crippen LogP) is 3.90. The molecular formula is C12H19NO2S. The van der Waals surface area contributed by atoms with E-state index in [1.54, 1.807) is 16.2 Å². The zero-order valence-corrected chi connectivity index (χ0v) is 11.3. The van der Waals surface area contributed by atoms with Crippen LogP contribution in [0.1, 0.15) is 34.6 Å². The van der Waals surface area contributed by atoms with Crippen molar-refractivity contribution in [3.63, 3.8) is 0 Å². The second-order valence-electron chi connectivity index (χ2n) is 4.93. The molecule has 3 nitrogen and oxygen atoms in total. The maximum Gasteiger partial charge on any atom is 0.415 e. The molecule has 0 aliphatic rings. The number of anilines is 1. The van der Waals surface area contributed by atoms with Gasteiger partial charge in [-0.1, -0.05) is 0 Å². The first-order valence-corrected chi connectivity index (χ1v) is 6.30. The molecule has 0 atom stereocenters. The zero-order chi connectivity index (χ0) is 12.3. The van der Waals surface area contributed by atoms with Crippen molar-refractivity contribution < 1.29 is 9.53 Å². The third-order valence-corrected chi connectivity index (χ3v) is 2.56. The molecule has 4 heteroatoms. The van der Waals surface area contributed by atoms with Crippen molar-refractivity contribution in [3.05, 3.63) is 16.8 Å². The van der Waals surface area contributed by atoms with Crippen molar-refractivity contribution in [3.8, 4) is 0 Å². The van der Waals surface area contributed by atoms with Gasteiger partial charge in [-0.2, -0.15) is 11.3 Å². The average Bonchev–Trinajstić information content (AvgIpc) is 2.52. The Morgan fingerprint density at radius 1 is 1.44 bits per heavy atom. The fourth-order valence-electron chi connectivity index (χ4n) is 1.32. The monoisotopic (exact) mass is 241 g/mol. The third kappa shape index (κ3) is 3.52. The van der Waals surface area contributed by atoms with E-state index in [2.05, 4.69) is 0 Å². The van der Waals surface area contributed by atoms with E-state index in [0.717, 1.165) is 5.69 Å². The van der Waals surface area contributed by atoms with Crippen molar-refractivity contribution in [1.82, 2.24) is 0 Å². The number of thiophene rings is 1. The lowest BCUT2D eigenvalue weighted by Crippen LogP contribution is -2.40. The normalized spacial score (nSPS) is 11.6. The highest BCUT2D eigenvalue weighted by molar-refractivity contribution is 7.08. The van der Waals surface area contributed by atoms with Gasteiger partial charge in [-0.25, -0.2) is 4.79 Å². The van der Waals surface area contributed by atoms with Gasteiger partial charge in [-0.3, -0.25) is 4.90 Å². The van der Waals surface area contributed by atoms with Crippen LogP contribution in [-0.2, 0) is 4.74 Å². The van der Waals surface area contributed by atoms with Crippen LogP contribution in [0.5, 0.6) is 0 Å². The summed E-state index contributed by atoms with van der Waals surface area (Å²) in [6.45, 7) is 9.56. The van der Waals surface area contributed by atoms with Crippen LogP contribution in [0, 0.1) is 0 Å². The quantitative estimate of drug-likeness (QED) is 0.786. The summed E-state index contributed by atoms with van der Waals surface area (Å²) >= 11 is 1.57. The SMILES string of the molecule is CC(C)N(C(=O)OC(C)(C)C)c1ccsc1. The Morgan fingerprint density at radius 2 is 2.06 bits per heavy atom. The molecule has 0 bridgehead atoms. The van der Waals surface area contributed by atoms with E-state index in [-0.39, 0.29) is 12.1 Å². The van der Waals surface area contributed by atoms with Crippen LogP contribution in [0.25, 0.3) is 0 Å². The van der Waals surface area contributed by atoms with Crippen molar-refractivity contribution in [1.29, 1.82) is 0 Å². The van der Waals surface area contributed by atoms with E-state index in [1.807, 2.05) is 51.4 Å². The molecule has 0 spiro atoms. The number of rotatable bonds is 2. The Bertz CT molecular complexity index is 338. The molecule has 16 heavy (non-hydrogen) atoms. The van der Waals surface area contributed by atoms with Gasteiger partial charge in [0.15, 0.2) is 0 Å². The molecule has 0 radical (unpaired) electrons. The van der Waals surface area contributed by atoms with Crippen molar-refractivity contribution in [2.24, 2.45) is 0 Å². The standard InChI is InChI=1S/C12H19NO2S/c1-9(2)13(10-6-7-16-8-10)11(14)15-12(3,4)5/h6-9H,1-5H3. The molecule has 1 rings (SSSR count). The molecule has 0 aliphatic carbocycles. The van der Waals surface area contributed by atoms with E-state index < -0.39 is 5.60 Å². The largest absolute Gasteiger partial charge is 0.443 e. The van der Waals surface area contributed by atoms with Crippen LogP contribution in [0.15, 0.2) is 16.8 Å². The highest BCUT2D eigenvalue weighted by atomic mass is 32.1. The minimum atomic E-state index is -0.458. The summed E-state index contributed by atoms with van der Waals surface area (Å²) in [5, 5.41) is 3.90. The van der Waals surface area contributed by atoms with E-state index >= 15 is 0 Å². The Hall–Kier alpha value is -1.03. The van der Waals surface area contributed by atoms with Gasteiger partial charge in [0, 0.05) is 11.4 Å². The van der Waals surface area contributed by atoms with Crippen molar-refractivity contribution in [2.45, 2.75) is 46.3 Å². The summed E-state index contributed by atoms with van der Waals surface area (Å²) in [5.74, 6) is 0. The van der Waals surface area contributed by atoms with Crippen LogP contribution < -0.4 is 4.90 Å². The topological polar surface area (TPSA) is 29.5 Å². The van der Waals surface area contributed by atoms with Crippen molar-refractivity contribution >= 4 is 23.1 Å². The van der Waals surface area contributed by atoms with Gasteiger partial charge >= 0.3 is 6.09 Å².